The summed E-state index contributed by atoms with van der Waals surface area (Å²) in [5.41, 5.74) is 1.62. The average Bonchev–Trinajstić information content (AvgIpc) is 2.93. The van der Waals surface area contributed by atoms with Gasteiger partial charge in [-0.1, -0.05) is 77.6 Å². The van der Waals surface area contributed by atoms with E-state index in [1.54, 1.807) is 6.07 Å². The highest BCUT2D eigenvalue weighted by molar-refractivity contribution is 7.85. The molecule has 0 spiro atoms. The summed E-state index contributed by atoms with van der Waals surface area (Å²) in [6.45, 7) is 2.26. The van der Waals surface area contributed by atoms with Crippen LogP contribution in [-0.2, 0) is 22.3 Å². The number of aryl methyl sites for hydroxylation is 1. The smallest absolute Gasteiger partial charge is 0.270 e. The third-order valence-electron chi connectivity index (χ3n) is 4.44. The Morgan fingerprint density at radius 2 is 1.25 bits per heavy atom. The van der Waals surface area contributed by atoms with Crippen molar-refractivity contribution in [1.82, 2.24) is 4.98 Å². The molecule has 0 aliphatic rings. The van der Waals surface area contributed by atoms with Crippen molar-refractivity contribution < 1.29 is 13.0 Å². The standard InChI is InChI=1S/C19H35NO3S/c1-2-3-4-5-6-7-8-9-10-11-12-13-14-18-15-16-19(20-18)17-24(21,22)23/h15-16,20H,2-14,17H2,1H3,(H,21,22,23). The van der Waals surface area contributed by atoms with Crippen molar-refractivity contribution in [2.75, 3.05) is 0 Å². The molecule has 24 heavy (non-hydrogen) atoms. The minimum Gasteiger partial charge on any atom is -0.361 e. The fraction of sp³-hybridized carbons (Fsp3) is 0.789. The van der Waals surface area contributed by atoms with Crippen molar-refractivity contribution >= 4 is 10.1 Å². The second-order valence-electron chi connectivity index (χ2n) is 6.87. The molecule has 0 aliphatic heterocycles. The summed E-state index contributed by atoms with van der Waals surface area (Å²) in [6, 6.07) is 3.66. The van der Waals surface area contributed by atoms with Gasteiger partial charge in [0.1, 0.15) is 5.75 Å². The molecule has 0 saturated heterocycles. The first kappa shape index (κ1) is 21.2. The van der Waals surface area contributed by atoms with Crippen molar-refractivity contribution in [2.45, 2.75) is 96.1 Å². The van der Waals surface area contributed by atoms with Gasteiger partial charge in [-0.05, 0) is 25.0 Å². The predicted molar refractivity (Wildman–Crippen MR) is 101 cm³/mol. The van der Waals surface area contributed by atoms with Crippen LogP contribution in [0, 0.1) is 0 Å². The second-order valence-corrected chi connectivity index (χ2v) is 8.33. The zero-order valence-electron chi connectivity index (χ0n) is 15.2. The van der Waals surface area contributed by atoms with E-state index < -0.39 is 10.1 Å². The van der Waals surface area contributed by atoms with Crippen LogP contribution in [0.4, 0.5) is 0 Å². The number of H-pyrrole nitrogens is 1. The molecule has 0 aromatic carbocycles. The molecule has 140 valence electrons. The van der Waals surface area contributed by atoms with Crippen molar-refractivity contribution in [3.8, 4) is 0 Å². The van der Waals surface area contributed by atoms with Gasteiger partial charge in [0.25, 0.3) is 10.1 Å². The molecule has 0 aliphatic carbocycles. The van der Waals surface area contributed by atoms with Crippen molar-refractivity contribution in [3.63, 3.8) is 0 Å². The molecule has 0 bridgehead atoms. The Kier molecular flexibility index (Phi) is 11.1. The van der Waals surface area contributed by atoms with Crippen LogP contribution in [-0.4, -0.2) is 18.0 Å². The Labute approximate surface area is 148 Å². The van der Waals surface area contributed by atoms with E-state index >= 15 is 0 Å². The van der Waals surface area contributed by atoms with E-state index in [9.17, 15) is 8.42 Å². The zero-order chi connectivity index (χ0) is 17.7. The van der Waals surface area contributed by atoms with Gasteiger partial charge < -0.3 is 4.98 Å². The first-order valence-electron chi connectivity index (χ1n) is 9.63. The lowest BCUT2D eigenvalue weighted by Gasteiger charge is -2.03. The number of hydrogen-bond acceptors (Lipinski definition) is 2. The van der Waals surface area contributed by atoms with Gasteiger partial charge in [0.2, 0.25) is 0 Å². The number of unbranched alkanes of at least 4 members (excludes halogenated alkanes) is 11. The minimum atomic E-state index is -3.94. The third kappa shape index (κ3) is 11.7. The first-order chi connectivity index (χ1) is 11.5. The number of nitrogens with one attached hydrogen (secondary N) is 1. The molecule has 0 saturated carbocycles. The Hall–Kier alpha value is -0.810. The molecule has 5 heteroatoms. The summed E-state index contributed by atoms with van der Waals surface area (Å²) in [6.07, 6.45) is 17.0. The summed E-state index contributed by atoms with van der Waals surface area (Å²) >= 11 is 0. The van der Waals surface area contributed by atoms with Gasteiger partial charge in [-0.25, -0.2) is 0 Å². The lowest BCUT2D eigenvalue weighted by atomic mass is 10.0. The lowest BCUT2D eigenvalue weighted by molar-refractivity contribution is 0.481. The predicted octanol–water partition coefficient (Wildman–Crippen LogP) is 5.65. The molecule has 4 nitrogen and oxygen atoms in total. The molecule has 0 amide bonds. The zero-order valence-corrected chi connectivity index (χ0v) is 16.0. The first-order valence-corrected chi connectivity index (χ1v) is 11.2. The summed E-state index contributed by atoms with van der Waals surface area (Å²) < 4.78 is 30.5. The normalized spacial score (nSPS) is 11.9. The van der Waals surface area contributed by atoms with Gasteiger partial charge in [-0.15, -0.1) is 0 Å². The topological polar surface area (TPSA) is 70.2 Å². The second kappa shape index (κ2) is 12.5. The van der Waals surface area contributed by atoms with Crippen molar-refractivity contribution in [3.05, 3.63) is 23.5 Å². The highest BCUT2D eigenvalue weighted by atomic mass is 32.2. The van der Waals surface area contributed by atoms with E-state index in [-0.39, 0.29) is 5.75 Å². The lowest BCUT2D eigenvalue weighted by Crippen LogP contribution is -2.01. The molecule has 1 rings (SSSR count). The van der Waals surface area contributed by atoms with Gasteiger partial charge >= 0.3 is 0 Å². The molecule has 0 radical (unpaired) electrons. The molecule has 0 unspecified atom stereocenters. The fourth-order valence-corrected chi connectivity index (χ4v) is 3.64. The van der Waals surface area contributed by atoms with Crippen LogP contribution >= 0.6 is 0 Å². The van der Waals surface area contributed by atoms with Crippen molar-refractivity contribution in [2.24, 2.45) is 0 Å². The van der Waals surface area contributed by atoms with Crippen LogP contribution in [0.5, 0.6) is 0 Å². The summed E-state index contributed by atoms with van der Waals surface area (Å²) in [5, 5.41) is 0. The Morgan fingerprint density at radius 1 is 0.792 bits per heavy atom. The van der Waals surface area contributed by atoms with Crippen LogP contribution in [0.15, 0.2) is 12.1 Å². The van der Waals surface area contributed by atoms with Crippen molar-refractivity contribution in [1.29, 1.82) is 0 Å². The van der Waals surface area contributed by atoms with Crippen LogP contribution in [0.25, 0.3) is 0 Å². The van der Waals surface area contributed by atoms with Crippen LogP contribution < -0.4 is 0 Å². The van der Waals surface area contributed by atoms with E-state index in [0.29, 0.717) is 5.69 Å². The highest BCUT2D eigenvalue weighted by Gasteiger charge is 2.08. The number of hydrogen-bond donors (Lipinski definition) is 2. The molecule has 0 fully saturated rings. The SMILES string of the molecule is CCCCCCCCCCCCCCc1ccc(CS(=O)(=O)O)[nH]1. The van der Waals surface area contributed by atoms with Gasteiger partial charge in [-0.2, -0.15) is 8.42 Å². The summed E-state index contributed by atoms with van der Waals surface area (Å²) in [7, 11) is -3.94. The van der Waals surface area contributed by atoms with E-state index in [1.807, 2.05) is 6.07 Å². The number of aromatic nitrogens is 1. The van der Waals surface area contributed by atoms with E-state index in [1.165, 1.54) is 70.6 Å². The Balaban J connectivity index is 1.93. The van der Waals surface area contributed by atoms with Crippen LogP contribution in [0.3, 0.4) is 0 Å². The molecular weight excluding hydrogens is 322 g/mol. The quantitative estimate of drug-likeness (QED) is 0.315. The monoisotopic (exact) mass is 357 g/mol. The Bertz CT molecular complexity index is 522. The highest BCUT2D eigenvalue weighted by Crippen LogP contribution is 2.13. The van der Waals surface area contributed by atoms with Gasteiger partial charge in [0.15, 0.2) is 0 Å². The maximum Gasteiger partial charge on any atom is 0.270 e. The molecule has 2 N–H and O–H groups in total. The van der Waals surface area contributed by atoms with E-state index in [2.05, 4.69) is 11.9 Å². The average molecular weight is 358 g/mol. The number of aromatic amines is 1. The largest absolute Gasteiger partial charge is 0.361 e. The van der Waals surface area contributed by atoms with Gasteiger partial charge in [0, 0.05) is 11.4 Å². The number of rotatable bonds is 15. The maximum absolute atomic E-state index is 10.8. The summed E-state index contributed by atoms with van der Waals surface area (Å²) in [4.78, 5) is 3.07. The molecular formula is C19H35NO3S. The molecule has 1 heterocycles. The van der Waals surface area contributed by atoms with E-state index in [4.69, 9.17) is 4.55 Å². The van der Waals surface area contributed by atoms with Gasteiger partial charge in [0.05, 0.1) is 0 Å². The maximum atomic E-state index is 10.8. The molecule has 1 aromatic rings. The molecule has 0 atom stereocenters. The minimum absolute atomic E-state index is 0.328. The Morgan fingerprint density at radius 3 is 1.75 bits per heavy atom. The van der Waals surface area contributed by atoms with Crippen LogP contribution in [0.2, 0.25) is 0 Å². The third-order valence-corrected chi connectivity index (χ3v) is 5.12. The molecule has 1 aromatic heterocycles. The van der Waals surface area contributed by atoms with Crippen LogP contribution in [0.1, 0.15) is 95.4 Å². The summed E-state index contributed by atoms with van der Waals surface area (Å²) in [5.74, 6) is -0.328. The van der Waals surface area contributed by atoms with Gasteiger partial charge in [-0.3, -0.25) is 4.55 Å². The van der Waals surface area contributed by atoms with E-state index in [0.717, 1.165) is 18.5 Å². The fourth-order valence-electron chi connectivity index (χ4n) is 3.07.